The van der Waals surface area contributed by atoms with Crippen LogP contribution >= 0.6 is 0 Å². The van der Waals surface area contributed by atoms with Crippen molar-refractivity contribution in [2.75, 3.05) is 6.54 Å². The lowest BCUT2D eigenvalue weighted by atomic mass is 9.84. The summed E-state index contributed by atoms with van der Waals surface area (Å²) in [4.78, 5) is 36.2. The molecule has 8 nitrogen and oxygen atoms in total. The Morgan fingerprint density at radius 1 is 0.939 bits per heavy atom. The lowest BCUT2D eigenvalue weighted by Crippen LogP contribution is -2.54. The first-order valence-electron chi connectivity index (χ1n) is 10.8. The Bertz CT molecular complexity index is 950. The zero-order valence-electron chi connectivity index (χ0n) is 19.8. The molecule has 0 aliphatic carbocycles. The summed E-state index contributed by atoms with van der Waals surface area (Å²) in [5.41, 5.74) is 6.17. The molecule has 178 valence electrons. The van der Waals surface area contributed by atoms with Crippen molar-refractivity contribution < 1.29 is 24.2 Å². The molecule has 2 rings (SSSR count). The van der Waals surface area contributed by atoms with E-state index in [1.54, 1.807) is 45.0 Å². The molecular weight excluding hydrogens is 422 g/mol. The van der Waals surface area contributed by atoms with Crippen molar-refractivity contribution in [3.8, 4) is 0 Å². The van der Waals surface area contributed by atoms with E-state index in [4.69, 9.17) is 9.84 Å². The van der Waals surface area contributed by atoms with Gasteiger partial charge in [-0.1, -0.05) is 56.3 Å². The van der Waals surface area contributed by atoms with Crippen molar-refractivity contribution in [1.29, 1.82) is 0 Å². The Kier molecular flexibility index (Phi) is 8.59. The third kappa shape index (κ3) is 8.57. The van der Waals surface area contributed by atoms with Gasteiger partial charge in [0.1, 0.15) is 11.6 Å². The minimum absolute atomic E-state index is 0.207. The summed E-state index contributed by atoms with van der Waals surface area (Å²) in [5, 5.41) is 12.0. The maximum absolute atomic E-state index is 13.0. The van der Waals surface area contributed by atoms with Gasteiger partial charge in [-0.25, -0.2) is 15.0 Å². The maximum atomic E-state index is 13.0. The zero-order chi connectivity index (χ0) is 24.6. The van der Waals surface area contributed by atoms with Gasteiger partial charge in [-0.15, -0.1) is 0 Å². The molecule has 2 aromatic carbocycles. The van der Waals surface area contributed by atoms with Gasteiger partial charge >= 0.3 is 12.1 Å². The first-order chi connectivity index (χ1) is 15.4. The van der Waals surface area contributed by atoms with Crippen molar-refractivity contribution in [2.45, 2.75) is 58.1 Å². The van der Waals surface area contributed by atoms with Crippen molar-refractivity contribution >= 4 is 18.0 Å². The third-order valence-corrected chi connectivity index (χ3v) is 4.96. The molecule has 0 radical (unpaired) electrons. The van der Waals surface area contributed by atoms with E-state index < -0.39 is 29.1 Å². The predicted molar refractivity (Wildman–Crippen MR) is 126 cm³/mol. The molecule has 0 aromatic heterocycles. The number of amides is 2. The average molecular weight is 456 g/mol. The van der Waals surface area contributed by atoms with Gasteiger partial charge in [0.25, 0.3) is 0 Å². The summed E-state index contributed by atoms with van der Waals surface area (Å²) in [7, 11) is 0. The summed E-state index contributed by atoms with van der Waals surface area (Å²) in [6.45, 7) is 9.50. The molecular formula is C25H33N3O5. The summed E-state index contributed by atoms with van der Waals surface area (Å²) in [6, 6.07) is 15.3. The van der Waals surface area contributed by atoms with E-state index in [0.717, 1.165) is 11.1 Å². The number of rotatable bonds is 9. The standard InChI is InChI=1S/C25H33N3O5/c1-24(2,3)33-23(32)28-27-20(15-17-9-7-6-8-10-17)21(29)26-16-25(4,5)19-13-11-18(12-14-19)22(30)31/h6-14,20,27H,15-16H2,1-5H3,(H,26,29)(H,28,32)(H,30,31)/t20-/m0/s1. The lowest BCUT2D eigenvalue weighted by Gasteiger charge is -2.28. The third-order valence-electron chi connectivity index (χ3n) is 4.96. The van der Waals surface area contributed by atoms with Gasteiger partial charge < -0.3 is 15.2 Å². The quantitative estimate of drug-likeness (QED) is 0.431. The summed E-state index contributed by atoms with van der Waals surface area (Å²) in [6.07, 6.45) is -0.317. The molecule has 8 heteroatoms. The van der Waals surface area contributed by atoms with E-state index in [0.29, 0.717) is 13.0 Å². The molecule has 2 aromatic rings. The first-order valence-corrected chi connectivity index (χ1v) is 10.8. The minimum atomic E-state index is -0.986. The second-order valence-corrected chi connectivity index (χ2v) is 9.50. The fourth-order valence-corrected chi connectivity index (χ4v) is 3.11. The highest BCUT2D eigenvalue weighted by Gasteiger charge is 2.26. The summed E-state index contributed by atoms with van der Waals surface area (Å²) < 4.78 is 5.23. The number of carbonyl (C=O) groups excluding carboxylic acids is 2. The number of nitrogens with one attached hydrogen (secondary N) is 3. The SMILES string of the molecule is CC(C)(C)OC(=O)NN[C@@H](Cc1ccccc1)C(=O)NCC(C)(C)c1ccc(C(=O)O)cc1. The Hall–Kier alpha value is -3.39. The highest BCUT2D eigenvalue weighted by molar-refractivity contribution is 5.87. The molecule has 0 heterocycles. The van der Waals surface area contributed by atoms with Gasteiger partial charge in [-0.2, -0.15) is 0 Å². The highest BCUT2D eigenvalue weighted by Crippen LogP contribution is 2.23. The van der Waals surface area contributed by atoms with Crippen LogP contribution < -0.4 is 16.2 Å². The van der Waals surface area contributed by atoms with Crippen LogP contribution in [0, 0.1) is 0 Å². The number of carboxylic acid groups (broad SMARTS) is 1. The van der Waals surface area contributed by atoms with Crippen LogP contribution in [-0.4, -0.2) is 41.3 Å². The second-order valence-electron chi connectivity index (χ2n) is 9.50. The molecule has 33 heavy (non-hydrogen) atoms. The van der Waals surface area contributed by atoms with Crippen LogP contribution in [0.1, 0.15) is 56.1 Å². The molecule has 4 N–H and O–H groups in total. The Balaban J connectivity index is 2.06. The molecule has 0 aliphatic heterocycles. The van der Waals surface area contributed by atoms with E-state index in [1.165, 1.54) is 0 Å². The fraction of sp³-hybridized carbons (Fsp3) is 0.400. The van der Waals surface area contributed by atoms with E-state index >= 15 is 0 Å². The van der Waals surface area contributed by atoms with E-state index in [-0.39, 0.29) is 11.5 Å². The molecule has 1 atom stereocenters. The predicted octanol–water partition coefficient (Wildman–Crippen LogP) is 3.42. The van der Waals surface area contributed by atoms with Crippen molar-refractivity contribution in [3.63, 3.8) is 0 Å². The number of carbonyl (C=O) groups is 3. The summed E-state index contributed by atoms with van der Waals surface area (Å²) in [5.74, 6) is -1.27. The molecule has 2 amide bonds. The molecule has 0 bridgehead atoms. The lowest BCUT2D eigenvalue weighted by molar-refractivity contribution is -0.123. The summed E-state index contributed by atoms with van der Waals surface area (Å²) >= 11 is 0. The minimum Gasteiger partial charge on any atom is -0.478 e. The smallest absolute Gasteiger partial charge is 0.422 e. The van der Waals surface area contributed by atoms with Crippen LogP contribution in [0.3, 0.4) is 0 Å². The fourth-order valence-electron chi connectivity index (χ4n) is 3.11. The van der Waals surface area contributed by atoms with Gasteiger partial charge in [0, 0.05) is 12.0 Å². The Morgan fingerprint density at radius 2 is 1.55 bits per heavy atom. The van der Waals surface area contributed by atoms with E-state index in [9.17, 15) is 14.4 Å². The number of hydrogen-bond donors (Lipinski definition) is 4. The molecule has 0 fully saturated rings. The van der Waals surface area contributed by atoms with Crippen LogP contribution in [0.5, 0.6) is 0 Å². The van der Waals surface area contributed by atoms with Gasteiger partial charge in [0.2, 0.25) is 5.91 Å². The number of benzene rings is 2. The second kappa shape index (κ2) is 11.0. The zero-order valence-corrected chi connectivity index (χ0v) is 19.8. The molecule has 0 unspecified atom stereocenters. The molecule has 0 saturated carbocycles. The molecule has 0 saturated heterocycles. The van der Waals surface area contributed by atoms with Crippen LogP contribution in [0.15, 0.2) is 54.6 Å². The Morgan fingerprint density at radius 3 is 2.09 bits per heavy atom. The normalized spacial score (nSPS) is 12.5. The average Bonchev–Trinajstić information content (AvgIpc) is 2.74. The van der Waals surface area contributed by atoms with Gasteiger partial charge in [-0.3, -0.25) is 10.2 Å². The number of ether oxygens (including phenoxy) is 1. The molecule has 0 spiro atoms. The van der Waals surface area contributed by atoms with Crippen molar-refractivity contribution in [3.05, 3.63) is 71.3 Å². The van der Waals surface area contributed by atoms with Crippen LogP contribution in [0.2, 0.25) is 0 Å². The van der Waals surface area contributed by atoms with E-state index in [2.05, 4.69) is 16.2 Å². The highest BCUT2D eigenvalue weighted by atomic mass is 16.6. The van der Waals surface area contributed by atoms with E-state index in [1.807, 2.05) is 44.2 Å². The van der Waals surface area contributed by atoms with Crippen LogP contribution in [-0.2, 0) is 21.4 Å². The van der Waals surface area contributed by atoms with Crippen molar-refractivity contribution in [2.24, 2.45) is 0 Å². The molecule has 0 aliphatic rings. The Labute approximate surface area is 194 Å². The first kappa shape index (κ1) is 25.9. The van der Waals surface area contributed by atoms with Crippen LogP contribution in [0.25, 0.3) is 0 Å². The maximum Gasteiger partial charge on any atom is 0.422 e. The van der Waals surface area contributed by atoms with Gasteiger partial charge in [-0.05, 0) is 50.5 Å². The number of hydrazine groups is 1. The van der Waals surface area contributed by atoms with Crippen LogP contribution in [0.4, 0.5) is 4.79 Å². The monoisotopic (exact) mass is 455 g/mol. The van der Waals surface area contributed by atoms with Crippen molar-refractivity contribution in [1.82, 2.24) is 16.2 Å². The largest absolute Gasteiger partial charge is 0.478 e. The topological polar surface area (TPSA) is 117 Å². The number of aromatic carboxylic acids is 1. The number of carboxylic acids is 1. The van der Waals surface area contributed by atoms with Gasteiger partial charge in [0.15, 0.2) is 0 Å². The van der Waals surface area contributed by atoms with Gasteiger partial charge in [0.05, 0.1) is 5.56 Å². The number of hydrogen-bond acceptors (Lipinski definition) is 5.